The molecule has 2 rings (SSSR count). The molecule has 0 bridgehead atoms. The Labute approximate surface area is 121 Å². The molecule has 0 spiro atoms. The van der Waals surface area contributed by atoms with E-state index in [1.807, 2.05) is 6.92 Å². The van der Waals surface area contributed by atoms with Gasteiger partial charge in [-0.2, -0.15) is 4.98 Å². The number of carbonyl (C=O) groups excluding carboxylic acids is 1. The van der Waals surface area contributed by atoms with Gasteiger partial charge in [0.2, 0.25) is 17.6 Å². The summed E-state index contributed by atoms with van der Waals surface area (Å²) in [6, 6.07) is 3.30. The van der Waals surface area contributed by atoms with Crippen LogP contribution < -0.4 is 4.74 Å². The van der Waals surface area contributed by atoms with Gasteiger partial charge in [0.05, 0.1) is 13.7 Å². The lowest BCUT2D eigenvalue weighted by molar-refractivity contribution is -0.145. The van der Waals surface area contributed by atoms with Crippen LogP contribution in [0, 0.1) is 0 Å². The van der Waals surface area contributed by atoms with Gasteiger partial charge >= 0.3 is 5.97 Å². The van der Waals surface area contributed by atoms with Crippen molar-refractivity contribution < 1.29 is 18.8 Å². The van der Waals surface area contributed by atoms with Crippen molar-refractivity contribution in [2.24, 2.45) is 0 Å². The Morgan fingerprint density at radius 3 is 2.71 bits per heavy atom. The summed E-state index contributed by atoms with van der Waals surface area (Å²) < 4.78 is 15.0. The number of carbonyl (C=O) groups is 1. The second-order valence-electron chi connectivity index (χ2n) is 4.13. The standard InChI is InChI=1S/C13H16N4O4/c1-4-8(13(18)20-5-2)12-14-11(17-21-12)9-6-7-10(19-3)16-15-9/h6-8H,4-5H2,1-3H3. The summed E-state index contributed by atoms with van der Waals surface area (Å²) in [4.78, 5) is 16.0. The van der Waals surface area contributed by atoms with Crippen LogP contribution in [0.2, 0.25) is 0 Å². The maximum absolute atomic E-state index is 11.8. The lowest BCUT2D eigenvalue weighted by atomic mass is 10.1. The number of aromatic nitrogens is 4. The van der Waals surface area contributed by atoms with Crippen LogP contribution in [0.25, 0.3) is 11.5 Å². The van der Waals surface area contributed by atoms with E-state index < -0.39 is 5.92 Å². The van der Waals surface area contributed by atoms with Crippen LogP contribution in [0.5, 0.6) is 5.88 Å². The summed E-state index contributed by atoms with van der Waals surface area (Å²) in [5.41, 5.74) is 0.435. The minimum absolute atomic E-state index is 0.212. The maximum atomic E-state index is 11.8. The Bertz CT molecular complexity index is 596. The molecule has 0 amide bonds. The van der Waals surface area contributed by atoms with Gasteiger partial charge in [0.15, 0.2) is 0 Å². The van der Waals surface area contributed by atoms with Gasteiger partial charge in [-0.15, -0.1) is 10.2 Å². The molecule has 0 saturated carbocycles. The number of ether oxygens (including phenoxy) is 2. The molecular formula is C13H16N4O4. The van der Waals surface area contributed by atoms with E-state index in [-0.39, 0.29) is 17.7 Å². The highest BCUT2D eigenvalue weighted by Gasteiger charge is 2.26. The van der Waals surface area contributed by atoms with Crippen LogP contribution in [0.3, 0.4) is 0 Å². The van der Waals surface area contributed by atoms with Crippen molar-refractivity contribution in [3.8, 4) is 17.4 Å². The molecule has 0 aliphatic carbocycles. The smallest absolute Gasteiger partial charge is 0.318 e. The minimum atomic E-state index is -0.572. The maximum Gasteiger partial charge on any atom is 0.318 e. The van der Waals surface area contributed by atoms with Gasteiger partial charge in [-0.25, -0.2) is 0 Å². The zero-order valence-corrected chi connectivity index (χ0v) is 12.1. The molecule has 0 aliphatic heterocycles. The molecule has 1 atom stereocenters. The molecule has 2 aromatic heterocycles. The first-order chi connectivity index (χ1) is 10.2. The largest absolute Gasteiger partial charge is 0.480 e. The first kappa shape index (κ1) is 14.9. The predicted octanol–water partition coefficient (Wildman–Crippen LogP) is 1.59. The van der Waals surface area contributed by atoms with Crippen molar-refractivity contribution in [2.45, 2.75) is 26.2 Å². The van der Waals surface area contributed by atoms with Gasteiger partial charge in [-0.1, -0.05) is 12.1 Å². The molecule has 8 nitrogen and oxygen atoms in total. The molecule has 0 saturated heterocycles. The van der Waals surface area contributed by atoms with Crippen LogP contribution in [-0.4, -0.2) is 40.0 Å². The van der Waals surface area contributed by atoms with Gasteiger partial charge < -0.3 is 14.0 Å². The van der Waals surface area contributed by atoms with Gasteiger partial charge in [0, 0.05) is 6.07 Å². The molecule has 0 aliphatic rings. The highest BCUT2D eigenvalue weighted by molar-refractivity contribution is 5.76. The fourth-order valence-corrected chi connectivity index (χ4v) is 1.71. The fourth-order valence-electron chi connectivity index (χ4n) is 1.71. The topological polar surface area (TPSA) is 100 Å². The highest BCUT2D eigenvalue weighted by Crippen LogP contribution is 2.22. The van der Waals surface area contributed by atoms with E-state index in [1.165, 1.54) is 7.11 Å². The van der Waals surface area contributed by atoms with Crippen molar-refractivity contribution in [3.63, 3.8) is 0 Å². The lowest BCUT2D eigenvalue weighted by Crippen LogP contribution is -2.15. The third-order valence-corrected chi connectivity index (χ3v) is 2.80. The second kappa shape index (κ2) is 6.78. The number of rotatable bonds is 6. The number of hydrogen-bond acceptors (Lipinski definition) is 8. The minimum Gasteiger partial charge on any atom is -0.480 e. The zero-order valence-electron chi connectivity index (χ0n) is 12.1. The van der Waals surface area contributed by atoms with Crippen molar-refractivity contribution in [1.82, 2.24) is 20.3 Å². The van der Waals surface area contributed by atoms with Crippen LogP contribution in [0.4, 0.5) is 0 Å². The number of esters is 1. The number of nitrogens with zero attached hydrogens (tertiary/aromatic N) is 4. The van der Waals surface area contributed by atoms with E-state index in [1.54, 1.807) is 19.1 Å². The average Bonchev–Trinajstić information content (AvgIpc) is 2.98. The Morgan fingerprint density at radius 2 is 2.14 bits per heavy atom. The number of methoxy groups -OCH3 is 1. The molecule has 0 radical (unpaired) electrons. The molecule has 2 heterocycles. The van der Waals surface area contributed by atoms with E-state index in [0.717, 1.165) is 0 Å². The Balaban J connectivity index is 2.21. The van der Waals surface area contributed by atoms with Crippen LogP contribution >= 0.6 is 0 Å². The van der Waals surface area contributed by atoms with Crippen LogP contribution in [-0.2, 0) is 9.53 Å². The van der Waals surface area contributed by atoms with Gasteiger partial charge in [-0.05, 0) is 19.4 Å². The first-order valence-corrected chi connectivity index (χ1v) is 6.57. The normalized spacial score (nSPS) is 12.0. The van der Waals surface area contributed by atoms with E-state index in [9.17, 15) is 4.79 Å². The third kappa shape index (κ3) is 3.33. The molecule has 1 unspecified atom stereocenters. The quantitative estimate of drug-likeness (QED) is 0.740. The summed E-state index contributed by atoms with van der Waals surface area (Å²) in [5.74, 6) is -0.0830. The van der Waals surface area contributed by atoms with E-state index in [2.05, 4.69) is 20.3 Å². The molecule has 21 heavy (non-hydrogen) atoms. The van der Waals surface area contributed by atoms with E-state index in [0.29, 0.717) is 24.6 Å². The van der Waals surface area contributed by atoms with Crippen molar-refractivity contribution in [2.75, 3.05) is 13.7 Å². The van der Waals surface area contributed by atoms with Crippen LogP contribution in [0.15, 0.2) is 16.7 Å². The average molecular weight is 292 g/mol. The summed E-state index contributed by atoms with van der Waals surface area (Å²) in [5, 5.41) is 11.6. The Morgan fingerprint density at radius 1 is 1.33 bits per heavy atom. The molecule has 0 fully saturated rings. The Kier molecular flexibility index (Phi) is 4.81. The number of hydrogen-bond donors (Lipinski definition) is 0. The van der Waals surface area contributed by atoms with E-state index in [4.69, 9.17) is 14.0 Å². The molecule has 112 valence electrons. The summed E-state index contributed by atoms with van der Waals surface area (Å²) in [6.45, 7) is 3.90. The summed E-state index contributed by atoms with van der Waals surface area (Å²) >= 11 is 0. The zero-order chi connectivity index (χ0) is 15.2. The Hall–Kier alpha value is -2.51. The third-order valence-electron chi connectivity index (χ3n) is 2.80. The van der Waals surface area contributed by atoms with Crippen molar-refractivity contribution >= 4 is 5.97 Å². The molecule has 2 aromatic rings. The van der Waals surface area contributed by atoms with Gasteiger partial charge in [-0.3, -0.25) is 4.79 Å². The monoisotopic (exact) mass is 292 g/mol. The predicted molar refractivity (Wildman–Crippen MR) is 71.5 cm³/mol. The summed E-state index contributed by atoms with van der Waals surface area (Å²) in [7, 11) is 1.50. The van der Waals surface area contributed by atoms with Crippen molar-refractivity contribution in [3.05, 3.63) is 18.0 Å². The van der Waals surface area contributed by atoms with Crippen LogP contribution in [0.1, 0.15) is 32.1 Å². The molecule has 0 N–H and O–H groups in total. The fraction of sp³-hybridized carbons (Fsp3) is 0.462. The first-order valence-electron chi connectivity index (χ1n) is 6.57. The van der Waals surface area contributed by atoms with Gasteiger partial charge in [0.1, 0.15) is 11.6 Å². The molecule has 0 aromatic carbocycles. The highest BCUT2D eigenvalue weighted by atomic mass is 16.5. The van der Waals surface area contributed by atoms with E-state index >= 15 is 0 Å². The SMILES string of the molecule is CCOC(=O)C(CC)c1nc(-c2ccc(OC)nn2)no1. The second-order valence-corrected chi connectivity index (χ2v) is 4.13. The summed E-state index contributed by atoms with van der Waals surface area (Å²) in [6.07, 6.45) is 0.509. The lowest BCUT2D eigenvalue weighted by Gasteiger charge is -2.08. The molecule has 8 heteroatoms. The van der Waals surface area contributed by atoms with Gasteiger partial charge in [0.25, 0.3) is 0 Å². The van der Waals surface area contributed by atoms with Crippen molar-refractivity contribution in [1.29, 1.82) is 0 Å². The molecular weight excluding hydrogens is 276 g/mol.